The average Bonchev–Trinajstić information content (AvgIpc) is 3.28. The number of aromatic nitrogens is 3. The maximum absolute atomic E-state index is 10.7. The lowest BCUT2D eigenvalue weighted by Crippen LogP contribution is -2.10. The van der Waals surface area contributed by atoms with Crippen LogP contribution in [-0.2, 0) is 12.0 Å². The summed E-state index contributed by atoms with van der Waals surface area (Å²) < 4.78 is 7.14. The number of nitro groups is 1. The molecule has 3 rings (SSSR count). The zero-order valence-corrected chi connectivity index (χ0v) is 17.1. The van der Waals surface area contributed by atoms with Crippen LogP contribution in [-0.4, -0.2) is 19.7 Å². The maximum Gasteiger partial charge on any atom is 0.433 e. The Morgan fingerprint density at radius 2 is 1.89 bits per heavy atom. The number of rotatable bonds is 6. The molecule has 0 saturated carbocycles. The molecule has 0 fully saturated rings. The Bertz CT molecular complexity index is 997. The first kappa shape index (κ1) is 19.9. The van der Waals surface area contributed by atoms with Crippen LogP contribution in [0.5, 0.6) is 0 Å². The molecule has 0 aliphatic heterocycles. The molecule has 28 heavy (non-hydrogen) atoms. The van der Waals surface area contributed by atoms with Crippen molar-refractivity contribution in [2.45, 2.75) is 44.8 Å². The van der Waals surface area contributed by atoms with E-state index < -0.39 is 4.92 Å². The Balaban J connectivity index is 1.78. The minimum atomic E-state index is -0.560. The highest BCUT2D eigenvalue weighted by Gasteiger charge is 2.16. The summed E-state index contributed by atoms with van der Waals surface area (Å²) in [6.45, 7) is 9.33. The van der Waals surface area contributed by atoms with E-state index in [-0.39, 0.29) is 11.3 Å². The summed E-state index contributed by atoms with van der Waals surface area (Å²) >= 11 is 1.39. The van der Waals surface area contributed by atoms with Crippen LogP contribution in [0.4, 0.5) is 5.88 Å². The number of hydrogen-bond acceptors (Lipinski definition) is 6. The summed E-state index contributed by atoms with van der Waals surface area (Å²) in [5.41, 5.74) is 2.38. The first-order valence-electron chi connectivity index (χ1n) is 8.91. The van der Waals surface area contributed by atoms with Crippen molar-refractivity contribution in [1.29, 1.82) is 0 Å². The minimum absolute atomic E-state index is 0.101. The van der Waals surface area contributed by atoms with Crippen LogP contribution in [0, 0.1) is 10.1 Å². The predicted octanol–water partition coefficient (Wildman–Crippen LogP) is 5.53. The SMILES string of the molecule is CCn1c(S/C=C/c2ccc([N+](=O)[O-])o2)nnc1-c1ccc(C(C)(C)C)cc1. The van der Waals surface area contributed by atoms with Gasteiger partial charge in [-0.2, -0.15) is 0 Å². The fourth-order valence-electron chi connectivity index (χ4n) is 2.69. The van der Waals surface area contributed by atoms with Crippen molar-refractivity contribution in [2.24, 2.45) is 0 Å². The van der Waals surface area contributed by atoms with Crippen molar-refractivity contribution < 1.29 is 9.34 Å². The standard InChI is InChI=1S/C20H22N4O3S/c1-5-23-18(14-6-8-15(9-7-14)20(2,3)4)21-22-19(23)28-13-12-16-10-11-17(27-16)24(25)26/h6-13H,5H2,1-4H3/b13-12+. The normalized spacial score (nSPS) is 12.0. The number of benzene rings is 1. The van der Waals surface area contributed by atoms with E-state index in [1.165, 1.54) is 23.4 Å². The van der Waals surface area contributed by atoms with Crippen LogP contribution in [0.25, 0.3) is 17.5 Å². The van der Waals surface area contributed by atoms with E-state index in [0.717, 1.165) is 23.1 Å². The summed E-state index contributed by atoms with van der Waals surface area (Å²) in [6.07, 6.45) is 1.67. The monoisotopic (exact) mass is 398 g/mol. The third kappa shape index (κ3) is 4.33. The van der Waals surface area contributed by atoms with Gasteiger partial charge in [-0.25, -0.2) is 0 Å². The summed E-state index contributed by atoms with van der Waals surface area (Å²) in [7, 11) is 0. The van der Waals surface area contributed by atoms with Crippen LogP contribution in [0.2, 0.25) is 0 Å². The Morgan fingerprint density at radius 1 is 1.18 bits per heavy atom. The van der Waals surface area contributed by atoms with Crippen LogP contribution in [0.3, 0.4) is 0 Å². The fourth-order valence-corrected chi connectivity index (χ4v) is 3.44. The van der Waals surface area contributed by atoms with Gasteiger partial charge in [-0.15, -0.1) is 10.2 Å². The lowest BCUT2D eigenvalue weighted by Gasteiger charge is -2.19. The number of nitrogens with zero attached hydrogens (tertiary/aromatic N) is 4. The molecule has 0 spiro atoms. The van der Waals surface area contributed by atoms with Gasteiger partial charge in [-0.1, -0.05) is 56.8 Å². The lowest BCUT2D eigenvalue weighted by molar-refractivity contribution is -0.402. The van der Waals surface area contributed by atoms with Gasteiger partial charge in [0, 0.05) is 12.1 Å². The molecule has 7 nitrogen and oxygen atoms in total. The number of furan rings is 1. The largest absolute Gasteiger partial charge is 0.433 e. The van der Waals surface area contributed by atoms with Gasteiger partial charge in [0.25, 0.3) is 0 Å². The van der Waals surface area contributed by atoms with Gasteiger partial charge >= 0.3 is 5.88 Å². The van der Waals surface area contributed by atoms with Crippen molar-refractivity contribution in [3.8, 4) is 11.4 Å². The predicted molar refractivity (Wildman–Crippen MR) is 110 cm³/mol. The molecule has 0 radical (unpaired) electrons. The molecule has 0 unspecified atom stereocenters. The molecule has 146 valence electrons. The number of hydrogen-bond donors (Lipinski definition) is 0. The van der Waals surface area contributed by atoms with E-state index in [1.54, 1.807) is 17.6 Å². The van der Waals surface area contributed by atoms with Gasteiger partial charge in [0.1, 0.15) is 10.7 Å². The lowest BCUT2D eigenvalue weighted by atomic mass is 9.87. The molecular formula is C20H22N4O3S. The molecule has 3 aromatic rings. The summed E-state index contributed by atoms with van der Waals surface area (Å²) in [6, 6.07) is 11.3. The molecule has 0 saturated heterocycles. The second-order valence-electron chi connectivity index (χ2n) is 7.23. The number of thioether (sulfide) groups is 1. The van der Waals surface area contributed by atoms with Crippen LogP contribution < -0.4 is 0 Å². The molecule has 1 aromatic carbocycles. The average molecular weight is 398 g/mol. The second-order valence-corrected chi connectivity index (χ2v) is 8.10. The Morgan fingerprint density at radius 3 is 2.46 bits per heavy atom. The van der Waals surface area contributed by atoms with Crippen molar-refractivity contribution in [2.75, 3.05) is 0 Å². The fraction of sp³-hybridized carbons (Fsp3) is 0.300. The van der Waals surface area contributed by atoms with Crippen LogP contribution in [0.1, 0.15) is 39.0 Å². The van der Waals surface area contributed by atoms with Gasteiger partial charge < -0.3 is 8.98 Å². The van der Waals surface area contributed by atoms with Crippen molar-refractivity contribution in [3.63, 3.8) is 0 Å². The Kier molecular flexibility index (Phi) is 5.69. The molecule has 0 amide bonds. The van der Waals surface area contributed by atoms with E-state index in [0.29, 0.717) is 5.76 Å². The molecule has 0 bridgehead atoms. The molecule has 2 aromatic heterocycles. The van der Waals surface area contributed by atoms with E-state index in [2.05, 4.69) is 55.2 Å². The second kappa shape index (κ2) is 8.02. The van der Waals surface area contributed by atoms with Gasteiger partial charge in [0.2, 0.25) is 0 Å². The highest BCUT2D eigenvalue weighted by molar-refractivity contribution is 8.02. The van der Waals surface area contributed by atoms with E-state index in [9.17, 15) is 10.1 Å². The smallest absolute Gasteiger partial charge is 0.401 e. The van der Waals surface area contributed by atoms with Crippen molar-refractivity contribution in [1.82, 2.24) is 14.8 Å². The highest BCUT2D eigenvalue weighted by Crippen LogP contribution is 2.28. The van der Waals surface area contributed by atoms with E-state index in [4.69, 9.17) is 4.42 Å². The molecule has 0 N–H and O–H groups in total. The van der Waals surface area contributed by atoms with Crippen molar-refractivity contribution in [3.05, 3.63) is 63.2 Å². The molecule has 8 heteroatoms. The van der Waals surface area contributed by atoms with E-state index in [1.807, 2.05) is 11.5 Å². The van der Waals surface area contributed by atoms with Gasteiger partial charge in [-0.05, 0) is 35.5 Å². The third-order valence-electron chi connectivity index (χ3n) is 4.24. The zero-order valence-electron chi connectivity index (χ0n) is 16.2. The summed E-state index contributed by atoms with van der Waals surface area (Å²) in [5.74, 6) is 0.953. The Hall–Kier alpha value is -2.87. The maximum atomic E-state index is 10.7. The topological polar surface area (TPSA) is 87.0 Å². The van der Waals surface area contributed by atoms with Gasteiger partial charge in [-0.3, -0.25) is 10.1 Å². The molecule has 0 atom stereocenters. The highest BCUT2D eigenvalue weighted by atomic mass is 32.2. The summed E-state index contributed by atoms with van der Waals surface area (Å²) in [5, 5.41) is 21.8. The minimum Gasteiger partial charge on any atom is -0.401 e. The molecular weight excluding hydrogens is 376 g/mol. The zero-order chi connectivity index (χ0) is 20.3. The van der Waals surface area contributed by atoms with Crippen LogP contribution in [0.15, 0.2) is 51.4 Å². The first-order chi connectivity index (χ1) is 13.3. The quantitative estimate of drug-likeness (QED) is 0.308. The molecule has 0 aliphatic rings. The first-order valence-corrected chi connectivity index (χ1v) is 9.79. The summed E-state index contributed by atoms with van der Waals surface area (Å²) in [4.78, 5) is 10.1. The van der Waals surface area contributed by atoms with Gasteiger partial charge in [0.05, 0.1) is 6.07 Å². The molecule has 2 heterocycles. The third-order valence-corrected chi connectivity index (χ3v) is 5.03. The van der Waals surface area contributed by atoms with Gasteiger partial charge in [0.15, 0.2) is 11.0 Å². The van der Waals surface area contributed by atoms with Crippen molar-refractivity contribution >= 4 is 23.7 Å². The van der Waals surface area contributed by atoms with Crippen LogP contribution >= 0.6 is 11.8 Å². The molecule has 0 aliphatic carbocycles. The Labute approximate surface area is 167 Å². The van der Waals surface area contributed by atoms with E-state index >= 15 is 0 Å².